The van der Waals surface area contributed by atoms with Gasteiger partial charge in [0.25, 0.3) is 0 Å². The van der Waals surface area contributed by atoms with Crippen molar-refractivity contribution in [2.45, 2.75) is 6.54 Å². The van der Waals surface area contributed by atoms with Gasteiger partial charge >= 0.3 is 0 Å². The number of benzene rings is 1. The third-order valence-corrected chi connectivity index (χ3v) is 3.73. The van der Waals surface area contributed by atoms with Crippen LogP contribution in [-0.4, -0.2) is 21.6 Å². The van der Waals surface area contributed by atoms with Gasteiger partial charge in [0, 0.05) is 30.4 Å². The Kier molecular flexibility index (Phi) is 3.66. The zero-order valence-corrected chi connectivity index (χ0v) is 12.6. The van der Waals surface area contributed by atoms with Gasteiger partial charge in [-0.1, -0.05) is 17.7 Å². The van der Waals surface area contributed by atoms with Gasteiger partial charge in [-0.05, 0) is 18.2 Å². The van der Waals surface area contributed by atoms with Crippen molar-refractivity contribution in [2.24, 2.45) is 7.05 Å². The van der Waals surface area contributed by atoms with Gasteiger partial charge in [0.15, 0.2) is 5.82 Å². The molecular weight excluding hydrogens is 288 g/mol. The number of hydrogen-bond donors (Lipinski definition) is 1. The monoisotopic (exact) mass is 302 g/mol. The summed E-state index contributed by atoms with van der Waals surface area (Å²) in [6, 6.07) is 7.53. The third-order valence-electron chi connectivity index (χ3n) is 3.37. The van der Waals surface area contributed by atoms with E-state index in [-0.39, 0.29) is 0 Å². The number of methoxy groups -OCH3 is 1. The molecule has 0 unspecified atom stereocenters. The first-order valence-corrected chi connectivity index (χ1v) is 6.90. The Hall–Kier alpha value is -2.27. The third kappa shape index (κ3) is 2.52. The molecular formula is C15H15ClN4O. The molecule has 5 nitrogen and oxygen atoms in total. The Morgan fingerprint density at radius 2 is 2.14 bits per heavy atom. The number of aromatic nitrogens is 3. The topological polar surface area (TPSA) is 52.0 Å². The van der Waals surface area contributed by atoms with Gasteiger partial charge in [-0.15, -0.1) is 0 Å². The van der Waals surface area contributed by atoms with Crippen molar-refractivity contribution in [3.05, 3.63) is 47.4 Å². The SMILES string of the molecule is COc1cccc(Cl)c1CNc1nccc2c1ncn2C. The van der Waals surface area contributed by atoms with Crippen molar-refractivity contribution in [3.8, 4) is 5.75 Å². The number of ether oxygens (including phenoxy) is 1. The molecule has 2 heterocycles. The molecule has 1 N–H and O–H groups in total. The molecule has 0 aliphatic rings. The minimum atomic E-state index is 0.519. The second kappa shape index (κ2) is 5.61. The van der Waals surface area contributed by atoms with Gasteiger partial charge < -0.3 is 14.6 Å². The molecule has 3 rings (SSSR count). The van der Waals surface area contributed by atoms with Crippen LogP contribution in [0.15, 0.2) is 36.8 Å². The number of pyridine rings is 1. The molecule has 0 atom stereocenters. The molecule has 0 saturated carbocycles. The van der Waals surface area contributed by atoms with E-state index in [0.29, 0.717) is 11.6 Å². The van der Waals surface area contributed by atoms with Crippen LogP contribution in [0.25, 0.3) is 11.0 Å². The smallest absolute Gasteiger partial charge is 0.154 e. The standard InChI is InChI=1S/C15H15ClN4O/c1-20-9-19-14-12(20)6-7-17-15(14)18-8-10-11(16)4-3-5-13(10)21-2/h3-7,9H,8H2,1-2H3,(H,17,18). The summed E-state index contributed by atoms with van der Waals surface area (Å²) in [6.07, 6.45) is 3.53. The van der Waals surface area contributed by atoms with Crippen LogP contribution < -0.4 is 10.1 Å². The number of rotatable bonds is 4. The Morgan fingerprint density at radius 1 is 1.29 bits per heavy atom. The Morgan fingerprint density at radius 3 is 2.95 bits per heavy atom. The van der Waals surface area contributed by atoms with E-state index >= 15 is 0 Å². The quantitative estimate of drug-likeness (QED) is 0.804. The first-order chi connectivity index (χ1) is 10.2. The van der Waals surface area contributed by atoms with Crippen LogP contribution in [0.3, 0.4) is 0 Å². The average Bonchev–Trinajstić information content (AvgIpc) is 2.88. The first-order valence-electron chi connectivity index (χ1n) is 6.52. The first kappa shape index (κ1) is 13.7. The molecule has 1 aromatic carbocycles. The van der Waals surface area contributed by atoms with Gasteiger partial charge in [-0.25, -0.2) is 9.97 Å². The van der Waals surface area contributed by atoms with Crippen LogP contribution in [0.2, 0.25) is 5.02 Å². The number of aryl methyl sites for hydroxylation is 1. The van der Waals surface area contributed by atoms with Crippen LogP contribution in [0, 0.1) is 0 Å². The maximum absolute atomic E-state index is 6.24. The summed E-state index contributed by atoms with van der Waals surface area (Å²) in [5.74, 6) is 1.48. The highest BCUT2D eigenvalue weighted by molar-refractivity contribution is 6.31. The fraction of sp³-hybridized carbons (Fsp3) is 0.200. The predicted molar refractivity (Wildman–Crippen MR) is 83.8 cm³/mol. The van der Waals surface area contributed by atoms with E-state index in [2.05, 4.69) is 15.3 Å². The lowest BCUT2D eigenvalue weighted by Gasteiger charge is -2.12. The summed E-state index contributed by atoms with van der Waals surface area (Å²) in [5.41, 5.74) is 2.76. The van der Waals surface area contributed by atoms with E-state index in [9.17, 15) is 0 Å². The summed E-state index contributed by atoms with van der Waals surface area (Å²) in [4.78, 5) is 8.72. The molecule has 108 valence electrons. The van der Waals surface area contributed by atoms with E-state index in [0.717, 1.165) is 28.2 Å². The van der Waals surface area contributed by atoms with E-state index in [1.54, 1.807) is 19.6 Å². The van der Waals surface area contributed by atoms with Crippen LogP contribution in [0.5, 0.6) is 5.75 Å². The summed E-state index contributed by atoms with van der Waals surface area (Å²) >= 11 is 6.24. The highest BCUT2D eigenvalue weighted by atomic mass is 35.5. The summed E-state index contributed by atoms with van der Waals surface area (Å²) in [6.45, 7) is 0.519. The Bertz CT molecular complexity index is 784. The Labute approximate surface area is 127 Å². The lowest BCUT2D eigenvalue weighted by atomic mass is 10.2. The van der Waals surface area contributed by atoms with Crippen molar-refractivity contribution in [3.63, 3.8) is 0 Å². The summed E-state index contributed by atoms with van der Waals surface area (Å²) in [7, 11) is 3.59. The predicted octanol–water partition coefficient (Wildman–Crippen LogP) is 3.24. The van der Waals surface area contributed by atoms with Gasteiger partial charge in [0.2, 0.25) is 0 Å². The zero-order chi connectivity index (χ0) is 14.8. The summed E-state index contributed by atoms with van der Waals surface area (Å²) in [5, 5.41) is 3.94. The van der Waals surface area contributed by atoms with Crippen molar-refractivity contribution in [1.29, 1.82) is 0 Å². The second-order valence-corrected chi connectivity index (χ2v) is 5.06. The Balaban J connectivity index is 1.91. The van der Waals surface area contributed by atoms with Crippen LogP contribution in [0.1, 0.15) is 5.56 Å². The van der Waals surface area contributed by atoms with Crippen LogP contribution in [-0.2, 0) is 13.6 Å². The van der Waals surface area contributed by atoms with Crippen molar-refractivity contribution >= 4 is 28.5 Å². The van der Waals surface area contributed by atoms with Crippen molar-refractivity contribution in [2.75, 3.05) is 12.4 Å². The van der Waals surface area contributed by atoms with Gasteiger partial charge in [0.1, 0.15) is 11.3 Å². The molecule has 6 heteroatoms. The number of anilines is 1. The minimum absolute atomic E-state index is 0.519. The molecule has 21 heavy (non-hydrogen) atoms. The molecule has 3 aromatic rings. The molecule has 0 aliphatic heterocycles. The lowest BCUT2D eigenvalue weighted by Crippen LogP contribution is -2.04. The molecule has 0 fully saturated rings. The fourth-order valence-corrected chi connectivity index (χ4v) is 2.50. The number of nitrogens with zero attached hydrogens (tertiary/aromatic N) is 3. The highest BCUT2D eigenvalue weighted by Crippen LogP contribution is 2.27. The van der Waals surface area contributed by atoms with E-state index in [4.69, 9.17) is 16.3 Å². The van der Waals surface area contributed by atoms with Gasteiger partial charge in [0.05, 0.1) is 19.0 Å². The van der Waals surface area contributed by atoms with Gasteiger partial charge in [-0.2, -0.15) is 0 Å². The molecule has 0 spiro atoms. The maximum atomic E-state index is 6.24. The van der Waals surface area contributed by atoms with Crippen LogP contribution in [0.4, 0.5) is 5.82 Å². The lowest BCUT2D eigenvalue weighted by molar-refractivity contribution is 0.410. The molecule has 0 bridgehead atoms. The summed E-state index contributed by atoms with van der Waals surface area (Å²) < 4.78 is 7.30. The number of imidazole rings is 1. The number of nitrogens with one attached hydrogen (secondary N) is 1. The minimum Gasteiger partial charge on any atom is -0.496 e. The number of halogens is 1. The van der Waals surface area contributed by atoms with Gasteiger partial charge in [-0.3, -0.25) is 0 Å². The normalized spacial score (nSPS) is 10.8. The average molecular weight is 303 g/mol. The molecule has 0 radical (unpaired) electrons. The molecule has 0 saturated heterocycles. The molecule has 2 aromatic heterocycles. The maximum Gasteiger partial charge on any atom is 0.154 e. The van der Waals surface area contributed by atoms with Crippen molar-refractivity contribution in [1.82, 2.24) is 14.5 Å². The van der Waals surface area contributed by atoms with E-state index in [1.807, 2.05) is 35.9 Å². The van der Waals surface area contributed by atoms with Crippen LogP contribution >= 0.6 is 11.6 Å². The second-order valence-electron chi connectivity index (χ2n) is 4.66. The zero-order valence-electron chi connectivity index (χ0n) is 11.8. The van der Waals surface area contributed by atoms with Crippen molar-refractivity contribution < 1.29 is 4.74 Å². The fourth-order valence-electron chi connectivity index (χ4n) is 2.27. The number of hydrogen-bond acceptors (Lipinski definition) is 4. The highest BCUT2D eigenvalue weighted by Gasteiger charge is 2.10. The molecule has 0 aliphatic carbocycles. The largest absolute Gasteiger partial charge is 0.496 e. The number of fused-ring (bicyclic) bond motifs is 1. The molecule has 0 amide bonds. The van der Waals surface area contributed by atoms with E-state index in [1.165, 1.54) is 0 Å². The van der Waals surface area contributed by atoms with E-state index < -0.39 is 0 Å².